The number of ether oxygens (including phenoxy) is 1. The summed E-state index contributed by atoms with van der Waals surface area (Å²) >= 11 is 0. The Morgan fingerprint density at radius 3 is 2.41 bits per heavy atom. The highest BCUT2D eigenvalue weighted by Crippen LogP contribution is 2.27. The minimum Gasteiger partial charge on any atom is -0.388 e. The van der Waals surface area contributed by atoms with Crippen molar-refractivity contribution >= 4 is 6.03 Å². The van der Waals surface area contributed by atoms with Crippen LogP contribution in [0.3, 0.4) is 0 Å². The summed E-state index contributed by atoms with van der Waals surface area (Å²) in [6.45, 7) is 1.38. The Morgan fingerprint density at radius 2 is 1.77 bits per heavy atom. The molecule has 0 aromatic heterocycles. The third-order valence-electron chi connectivity index (χ3n) is 4.15. The smallest absolute Gasteiger partial charge is 0.315 e. The molecule has 2 rings (SSSR count). The van der Waals surface area contributed by atoms with Crippen LogP contribution in [0.1, 0.15) is 43.2 Å². The highest BCUT2D eigenvalue weighted by molar-refractivity contribution is 5.73. The van der Waals surface area contributed by atoms with E-state index in [1.165, 1.54) is 6.42 Å². The van der Waals surface area contributed by atoms with Crippen LogP contribution in [0.25, 0.3) is 0 Å². The van der Waals surface area contributed by atoms with Crippen LogP contribution >= 0.6 is 0 Å². The van der Waals surface area contributed by atoms with Gasteiger partial charge in [-0.05, 0) is 24.0 Å². The molecule has 22 heavy (non-hydrogen) atoms. The molecule has 1 saturated carbocycles. The van der Waals surface area contributed by atoms with E-state index in [0.717, 1.165) is 36.8 Å². The van der Waals surface area contributed by atoms with Crippen molar-refractivity contribution in [3.8, 4) is 0 Å². The number of hydrogen-bond donors (Lipinski definition) is 3. The molecular weight excluding hydrogens is 280 g/mol. The Morgan fingerprint density at radius 1 is 1.14 bits per heavy atom. The van der Waals surface area contributed by atoms with Crippen molar-refractivity contribution in [3.05, 3.63) is 35.4 Å². The number of benzene rings is 1. The van der Waals surface area contributed by atoms with Gasteiger partial charge in [0.2, 0.25) is 0 Å². The lowest BCUT2D eigenvalue weighted by Gasteiger charge is -2.32. The zero-order chi connectivity index (χ0) is 15.8. The molecule has 1 aliphatic carbocycles. The van der Waals surface area contributed by atoms with E-state index in [0.29, 0.717) is 19.7 Å². The zero-order valence-electron chi connectivity index (χ0n) is 13.2. The highest BCUT2D eigenvalue weighted by Gasteiger charge is 2.29. The summed E-state index contributed by atoms with van der Waals surface area (Å²) in [6, 6.07) is 7.69. The topological polar surface area (TPSA) is 70.6 Å². The van der Waals surface area contributed by atoms with Crippen LogP contribution in [-0.2, 0) is 17.9 Å². The molecule has 3 N–H and O–H groups in total. The van der Waals surface area contributed by atoms with Gasteiger partial charge in [0.15, 0.2) is 0 Å². The van der Waals surface area contributed by atoms with Gasteiger partial charge in [0, 0.05) is 20.2 Å². The van der Waals surface area contributed by atoms with E-state index in [1.54, 1.807) is 7.11 Å². The molecule has 0 heterocycles. The van der Waals surface area contributed by atoms with E-state index in [1.807, 2.05) is 24.3 Å². The fourth-order valence-corrected chi connectivity index (χ4v) is 2.80. The Kier molecular flexibility index (Phi) is 6.21. The van der Waals surface area contributed by atoms with Gasteiger partial charge in [-0.3, -0.25) is 0 Å². The molecule has 122 valence electrons. The first-order valence-corrected chi connectivity index (χ1v) is 7.92. The monoisotopic (exact) mass is 306 g/mol. The van der Waals surface area contributed by atoms with Gasteiger partial charge in [-0.2, -0.15) is 0 Å². The van der Waals surface area contributed by atoms with Crippen molar-refractivity contribution in [2.45, 2.75) is 50.9 Å². The van der Waals surface area contributed by atoms with Gasteiger partial charge in [0.25, 0.3) is 0 Å². The maximum Gasteiger partial charge on any atom is 0.315 e. The fraction of sp³-hybridized carbons (Fsp3) is 0.588. The average molecular weight is 306 g/mol. The van der Waals surface area contributed by atoms with E-state index in [-0.39, 0.29) is 6.03 Å². The third kappa shape index (κ3) is 5.31. The van der Waals surface area contributed by atoms with E-state index in [2.05, 4.69) is 10.6 Å². The van der Waals surface area contributed by atoms with Gasteiger partial charge in [0.05, 0.1) is 12.2 Å². The normalized spacial score (nSPS) is 17.0. The van der Waals surface area contributed by atoms with Crippen LogP contribution < -0.4 is 10.6 Å². The molecule has 0 unspecified atom stereocenters. The van der Waals surface area contributed by atoms with Crippen LogP contribution in [0.4, 0.5) is 4.79 Å². The Hall–Kier alpha value is -1.59. The van der Waals surface area contributed by atoms with Crippen molar-refractivity contribution < 1.29 is 14.6 Å². The molecule has 1 aromatic rings. The SMILES string of the molecule is COCc1ccc(CNC(=O)NCC2(O)CCCCC2)cc1. The zero-order valence-corrected chi connectivity index (χ0v) is 13.2. The van der Waals surface area contributed by atoms with Crippen LogP contribution in [0.2, 0.25) is 0 Å². The molecule has 2 amide bonds. The number of nitrogens with one attached hydrogen (secondary N) is 2. The summed E-state index contributed by atoms with van der Waals surface area (Å²) in [6.07, 6.45) is 4.79. The Labute approximate surface area is 132 Å². The second kappa shape index (κ2) is 8.15. The molecular formula is C17H26N2O3. The van der Waals surface area contributed by atoms with E-state index >= 15 is 0 Å². The lowest BCUT2D eigenvalue weighted by molar-refractivity contribution is 0.00719. The second-order valence-corrected chi connectivity index (χ2v) is 6.07. The van der Waals surface area contributed by atoms with Gasteiger partial charge in [-0.25, -0.2) is 4.79 Å². The highest BCUT2D eigenvalue weighted by atomic mass is 16.5. The molecule has 1 aromatic carbocycles. The molecule has 0 atom stereocenters. The van der Waals surface area contributed by atoms with Crippen LogP contribution in [0.5, 0.6) is 0 Å². The third-order valence-corrected chi connectivity index (χ3v) is 4.15. The maximum atomic E-state index is 11.8. The number of aliphatic hydroxyl groups is 1. The van der Waals surface area contributed by atoms with Gasteiger partial charge in [-0.1, -0.05) is 43.5 Å². The van der Waals surface area contributed by atoms with Crippen molar-refractivity contribution in [3.63, 3.8) is 0 Å². The number of hydrogen-bond acceptors (Lipinski definition) is 3. The number of urea groups is 1. The van der Waals surface area contributed by atoms with E-state index in [9.17, 15) is 9.90 Å². The number of methoxy groups -OCH3 is 1. The summed E-state index contributed by atoms with van der Waals surface area (Å²) in [4.78, 5) is 11.8. The quantitative estimate of drug-likeness (QED) is 0.755. The summed E-state index contributed by atoms with van der Waals surface area (Å²) in [7, 11) is 1.67. The van der Waals surface area contributed by atoms with Crippen molar-refractivity contribution in [1.29, 1.82) is 0 Å². The van der Waals surface area contributed by atoms with Crippen molar-refractivity contribution in [2.24, 2.45) is 0 Å². The van der Waals surface area contributed by atoms with Crippen molar-refractivity contribution in [1.82, 2.24) is 10.6 Å². The second-order valence-electron chi connectivity index (χ2n) is 6.07. The Bertz CT molecular complexity index is 467. The maximum absolute atomic E-state index is 11.8. The summed E-state index contributed by atoms with van der Waals surface area (Å²) in [5.74, 6) is 0. The summed E-state index contributed by atoms with van der Waals surface area (Å²) < 4.78 is 5.06. The minimum atomic E-state index is -0.725. The largest absolute Gasteiger partial charge is 0.388 e. The first-order chi connectivity index (χ1) is 10.6. The molecule has 5 heteroatoms. The first-order valence-electron chi connectivity index (χ1n) is 7.92. The summed E-state index contributed by atoms with van der Waals surface area (Å²) in [5.41, 5.74) is 1.42. The standard InChI is InChI=1S/C17H26N2O3/c1-22-12-15-7-5-14(6-8-15)11-18-16(20)19-13-17(21)9-3-2-4-10-17/h5-8,21H,2-4,9-13H2,1H3,(H2,18,19,20). The molecule has 0 aliphatic heterocycles. The van der Waals surface area contributed by atoms with Crippen molar-refractivity contribution in [2.75, 3.05) is 13.7 Å². The molecule has 1 aliphatic rings. The average Bonchev–Trinajstić information content (AvgIpc) is 2.53. The number of carbonyl (C=O) groups excluding carboxylic acids is 1. The predicted molar refractivity (Wildman–Crippen MR) is 85.4 cm³/mol. The van der Waals surface area contributed by atoms with Gasteiger partial charge >= 0.3 is 6.03 Å². The summed E-state index contributed by atoms with van der Waals surface area (Å²) in [5, 5.41) is 15.9. The minimum absolute atomic E-state index is 0.236. The molecule has 0 bridgehead atoms. The molecule has 5 nitrogen and oxygen atoms in total. The molecule has 1 fully saturated rings. The van der Waals surface area contributed by atoms with Crippen LogP contribution in [0, 0.1) is 0 Å². The van der Waals surface area contributed by atoms with Crippen LogP contribution in [-0.4, -0.2) is 30.4 Å². The van der Waals surface area contributed by atoms with E-state index in [4.69, 9.17) is 4.74 Å². The van der Waals surface area contributed by atoms with Crippen LogP contribution in [0.15, 0.2) is 24.3 Å². The number of amides is 2. The Balaban J connectivity index is 1.70. The van der Waals surface area contributed by atoms with Gasteiger partial charge < -0.3 is 20.5 Å². The first kappa shape index (κ1) is 16.8. The number of rotatable bonds is 6. The predicted octanol–water partition coefficient (Wildman–Crippen LogP) is 2.33. The molecule has 0 radical (unpaired) electrons. The molecule has 0 spiro atoms. The lowest BCUT2D eigenvalue weighted by atomic mass is 9.85. The van der Waals surface area contributed by atoms with E-state index < -0.39 is 5.60 Å². The van der Waals surface area contributed by atoms with Gasteiger partial charge in [0.1, 0.15) is 0 Å². The number of carbonyl (C=O) groups is 1. The molecule has 0 saturated heterocycles. The van der Waals surface area contributed by atoms with Gasteiger partial charge in [-0.15, -0.1) is 0 Å². The lowest BCUT2D eigenvalue weighted by Crippen LogP contribution is -2.47. The fourth-order valence-electron chi connectivity index (χ4n) is 2.80.